The number of benzene rings is 1. The Labute approximate surface area is 201 Å². The van der Waals surface area contributed by atoms with E-state index < -0.39 is 0 Å². The van der Waals surface area contributed by atoms with Crippen molar-refractivity contribution >= 4 is 35.8 Å². The van der Waals surface area contributed by atoms with Gasteiger partial charge in [-0.05, 0) is 49.9 Å². The van der Waals surface area contributed by atoms with Gasteiger partial charge in [0.05, 0.1) is 17.8 Å². The van der Waals surface area contributed by atoms with Crippen LogP contribution in [0.5, 0.6) is 0 Å². The number of nitrogens with zero attached hydrogens (tertiary/aromatic N) is 4. The van der Waals surface area contributed by atoms with E-state index >= 15 is 0 Å². The number of amides is 1. The van der Waals surface area contributed by atoms with Gasteiger partial charge in [-0.1, -0.05) is 12.1 Å². The summed E-state index contributed by atoms with van der Waals surface area (Å²) in [6, 6.07) is 10.1. The minimum absolute atomic E-state index is 0. The van der Waals surface area contributed by atoms with Crippen molar-refractivity contribution in [3.05, 3.63) is 48.3 Å². The third-order valence-corrected chi connectivity index (χ3v) is 5.13. The molecule has 0 saturated carbocycles. The number of hydrogen-bond acceptors (Lipinski definition) is 4. The van der Waals surface area contributed by atoms with E-state index in [1.807, 2.05) is 29.1 Å². The molecule has 1 amide bonds. The number of nitrogens with one attached hydrogen (secondary N) is 2. The summed E-state index contributed by atoms with van der Waals surface area (Å²) < 4.78 is 7.64. The van der Waals surface area contributed by atoms with Gasteiger partial charge in [0.1, 0.15) is 6.54 Å². The number of aliphatic imine (C=N–C) groups is 1. The van der Waals surface area contributed by atoms with E-state index in [2.05, 4.69) is 39.8 Å². The van der Waals surface area contributed by atoms with Crippen LogP contribution in [-0.4, -0.2) is 66.4 Å². The van der Waals surface area contributed by atoms with E-state index in [0.29, 0.717) is 12.5 Å². The summed E-state index contributed by atoms with van der Waals surface area (Å²) in [5.74, 6) is 0.565. The number of guanidine groups is 1. The number of aromatic nitrogens is 2. The van der Waals surface area contributed by atoms with Crippen LogP contribution in [-0.2, 0) is 9.53 Å². The molecule has 1 aliphatic rings. The van der Waals surface area contributed by atoms with Gasteiger partial charge in [-0.3, -0.25) is 4.79 Å². The van der Waals surface area contributed by atoms with E-state index in [1.54, 1.807) is 25.2 Å². The Morgan fingerprint density at radius 2 is 2.19 bits per heavy atom. The van der Waals surface area contributed by atoms with E-state index in [0.717, 1.165) is 30.7 Å². The molecule has 2 atom stereocenters. The maximum atomic E-state index is 12.0. The second-order valence-corrected chi connectivity index (χ2v) is 7.73. The molecular formula is C22H33IN6O2. The molecule has 0 bridgehead atoms. The predicted octanol–water partition coefficient (Wildman–Crippen LogP) is 2.74. The first kappa shape index (κ1) is 25.1. The molecule has 2 heterocycles. The van der Waals surface area contributed by atoms with Crippen molar-refractivity contribution in [3.8, 4) is 5.69 Å². The van der Waals surface area contributed by atoms with Crippen LogP contribution in [0.25, 0.3) is 5.69 Å². The van der Waals surface area contributed by atoms with E-state index in [1.165, 1.54) is 6.42 Å². The molecule has 0 spiro atoms. The first-order valence-electron chi connectivity index (χ1n) is 10.5. The number of carbonyl (C=O) groups is 1. The highest BCUT2D eigenvalue weighted by Crippen LogP contribution is 2.17. The Balaban J connectivity index is 0.00000341. The molecule has 0 radical (unpaired) electrons. The molecule has 2 aromatic rings. The molecule has 2 unspecified atom stereocenters. The van der Waals surface area contributed by atoms with Crippen LogP contribution in [0.2, 0.25) is 0 Å². The average Bonchev–Trinajstić information content (AvgIpc) is 3.31. The number of likely N-dealkylation sites (N-methyl/N-ethyl adjacent to an activating group) is 1. The molecule has 1 aliphatic heterocycles. The molecule has 8 nitrogen and oxygen atoms in total. The summed E-state index contributed by atoms with van der Waals surface area (Å²) in [6.45, 7) is 3.64. The molecule has 1 saturated heterocycles. The van der Waals surface area contributed by atoms with Crippen LogP contribution in [0.3, 0.4) is 0 Å². The molecule has 3 rings (SSSR count). The molecule has 2 N–H and O–H groups in total. The molecule has 1 aromatic heterocycles. The van der Waals surface area contributed by atoms with Crippen LogP contribution in [0.4, 0.5) is 0 Å². The minimum atomic E-state index is -0.0432. The molecule has 9 heteroatoms. The highest BCUT2D eigenvalue weighted by Gasteiger charge is 2.16. The van der Waals surface area contributed by atoms with Crippen molar-refractivity contribution in [2.75, 3.05) is 33.8 Å². The zero-order valence-corrected chi connectivity index (χ0v) is 20.8. The summed E-state index contributed by atoms with van der Waals surface area (Å²) in [4.78, 5) is 18.1. The highest BCUT2D eigenvalue weighted by atomic mass is 127. The Hall–Kier alpha value is -2.14. The lowest BCUT2D eigenvalue weighted by atomic mass is 10.1. The Bertz CT molecular complexity index is 834. The third kappa shape index (κ3) is 7.80. The average molecular weight is 540 g/mol. The predicted molar refractivity (Wildman–Crippen MR) is 133 cm³/mol. The van der Waals surface area contributed by atoms with Gasteiger partial charge in [0.25, 0.3) is 0 Å². The molecule has 1 aromatic carbocycles. The van der Waals surface area contributed by atoms with E-state index in [9.17, 15) is 4.79 Å². The first-order chi connectivity index (χ1) is 14.5. The zero-order valence-electron chi connectivity index (χ0n) is 18.5. The van der Waals surface area contributed by atoms with E-state index in [-0.39, 0.29) is 48.6 Å². The summed E-state index contributed by atoms with van der Waals surface area (Å²) >= 11 is 0. The molecule has 0 aliphatic carbocycles. The van der Waals surface area contributed by atoms with Gasteiger partial charge in [-0.2, -0.15) is 5.10 Å². The maximum Gasteiger partial charge on any atom is 0.243 e. The largest absolute Gasteiger partial charge is 0.376 e. The third-order valence-electron chi connectivity index (χ3n) is 5.13. The second kappa shape index (κ2) is 12.7. The van der Waals surface area contributed by atoms with Gasteiger partial charge >= 0.3 is 0 Å². The normalized spacial score (nSPS) is 17.4. The summed E-state index contributed by atoms with van der Waals surface area (Å²) in [7, 11) is 3.47. The lowest BCUT2D eigenvalue weighted by Gasteiger charge is -2.25. The minimum Gasteiger partial charge on any atom is -0.376 e. The fourth-order valence-corrected chi connectivity index (χ4v) is 3.27. The van der Waals surface area contributed by atoms with Crippen molar-refractivity contribution in [3.63, 3.8) is 0 Å². The fourth-order valence-electron chi connectivity index (χ4n) is 3.27. The highest BCUT2D eigenvalue weighted by molar-refractivity contribution is 14.0. The maximum absolute atomic E-state index is 12.0. The number of ether oxygens (including phenoxy) is 1. The van der Waals surface area contributed by atoms with E-state index in [4.69, 9.17) is 4.74 Å². The van der Waals surface area contributed by atoms with Crippen molar-refractivity contribution in [1.29, 1.82) is 0 Å². The van der Waals surface area contributed by atoms with Crippen molar-refractivity contribution in [2.45, 2.75) is 38.3 Å². The standard InChI is InChI=1S/C22H32N6O2.HI/c1-17(18-8-6-9-19(14-18)28-12-7-11-25-28)26-22(24-16-21(29)27(2)3)23-15-20-10-4-5-13-30-20;/h6-9,11-12,14,17,20H,4-5,10,13,15-16H2,1-3H3,(H2,23,24,26);1H. The van der Waals surface area contributed by atoms with Crippen molar-refractivity contribution in [1.82, 2.24) is 25.3 Å². The lowest BCUT2D eigenvalue weighted by molar-refractivity contribution is -0.127. The van der Waals surface area contributed by atoms with Crippen LogP contribution in [0.15, 0.2) is 47.7 Å². The van der Waals surface area contributed by atoms with Crippen LogP contribution in [0, 0.1) is 0 Å². The zero-order chi connectivity index (χ0) is 21.3. The lowest BCUT2D eigenvalue weighted by Crippen LogP contribution is -2.44. The molecular weight excluding hydrogens is 507 g/mol. The number of hydrogen-bond donors (Lipinski definition) is 2. The molecule has 170 valence electrons. The van der Waals surface area contributed by atoms with Crippen molar-refractivity contribution < 1.29 is 9.53 Å². The first-order valence-corrected chi connectivity index (χ1v) is 10.5. The smallest absolute Gasteiger partial charge is 0.243 e. The number of halogens is 1. The van der Waals surface area contributed by atoms with Gasteiger partial charge in [0.15, 0.2) is 5.96 Å². The summed E-state index contributed by atoms with van der Waals surface area (Å²) in [5, 5.41) is 11.1. The molecule has 31 heavy (non-hydrogen) atoms. The van der Waals surface area contributed by atoms with Crippen molar-refractivity contribution in [2.24, 2.45) is 4.99 Å². The van der Waals surface area contributed by atoms with Gasteiger partial charge in [-0.25, -0.2) is 9.67 Å². The van der Waals surface area contributed by atoms with Gasteiger partial charge in [0, 0.05) is 39.6 Å². The van der Waals surface area contributed by atoms with Gasteiger partial charge in [-0.15, -0.1) is 24.0 Å². The van der Waals surface area contributed by atoms with Crippen LogP contribution < -0.4 is 10.6 Å². The topological polar surface area (TPSA) is 83.8 Å². The Kier molecular flexibility index (Phi) is 10.3. The number of rotatable bonds is 7. The Morgan fingerprint density at radius 3 is 2.87 bits per heavy atom. The Morgan fingerprint density at radius 1 is 1.35 bits per heavy atom. The quantitative estimate of drug-likeness (QED) is 0.321. The van der Waals surface area contributed by atoms with Gasteiger partial charge in [0.2, 0.25) is 5.91 Å². The monoisotopic (exact) mass is 540 g/mol. The van der Waals surface area contributed by atoms with Crippen LogP contribution in [0.1, 0.15) is 37.8 Å². The number of carbonyl (C=O) groups excluding carboxylic acids is 1. The summed E-state index contributed by atoms with van der Waals surface area (Å²) in [6.07, 6.45) is 7.20. The fraction of sp³-hybridized carbons (Fsp3) is 0.500. The second-order valence-electron chi connectivity index (χ2n) is 7.73. The van der Waals surface area contributed by atoms with Gasteiger partial charge < -0.3 is 20.3 Å². The SMILES string of the molecule is CC(NC(=NCC(=O)N(C)C)NCC1CCCCO1)c1cccc(-n2cccn2)c1.I. The summed E-state index contributed by atoms with van der Waals surface area (Å²) in [5.41, 5.74) is 2.10. The molecule has 1 fully saturated rings. The van der Waals surface area contributed by atoms with Crippen LogP contribution >= 0.6 is 24.0 Å².